The number of carboxylic acid groups (broad SMARTS) is 1. The fourth-order valence-electron chi connectivity index (χ4n) is 2.62. The maximum absolute atomic E-state index is 12.2. The van der Waals surface area contributed by atoms with E-state index in [-0.39, 0.29) is 12.3 Å². The molecule has 150 valence electrons. The van der Waals surface area contributed by atoms with Gasteiger partial charge in [-0.25, -0.2) is 0 Å². The van der Waals surface area contributed by atoms with Crippen LogP contribution in [0.2, 0.25) is 10.0 Å². The van der Waals surface area contributed by atoms with Crippen molar-refractivity contribution in [2.45, 2.75) is 31.7 Å². The molecule has 0 aliphatic carbocycles. The lowest BCUT2D eigenvalue weighted by atomic mass is 10.1. The number of rotatable bonds is 10. The van der Waals surface area contributed by atoms with Gasteiger partial charge in [0.1, 0.15) is 6.04 Å². The van der Waals surface area contributed by atoms with Crippen LogP contribution in [0.4, 0.5) is 11.4 Å². The van der Waals surface area contributed by atoms with Crippen LogP contribution in [0.3, 0.4) is 0 Å². The van der Waals surface area contributed by atoms with Gasteiger partial charge in [0.15, 0.2) is 0 Å². The minimum Gasteiger partial charge on any atom is -0.480 e. The highest BCUT2D eigenvalue weighted by atomic mass is 35.5. The van der Waals surface area contributed by atoms with Crippen molar-refractivity contribution in [1.29, 1.82) is 0 Å². The van der Waals surface area contributed by atoms with E-state index in [2.05, 4.69) is 10.6 Å². The van der Waals surface area contributed by atoms with Gasteiger partial charge in [-0.2, -0.15) is 0 Å². The van der Waals surface area contributed by atoms with Crippen molar-refractivity contribution in [3.05, 3.63) is 58.1 Å². The van der Waals surface area contributed by atoms with Crippen LogP contribution in [0.15, 0.2) is 42.5 Å². The van der Waals surface area contributed by atoms with Crippen molar-refractivity contribution in [1.82, 2.24) is 5.32 Å². The quantitative estimate of drug-likeness (QED) is 0.432. The summed E-state index contributed by atoms with van der Waals surface area (Å²) in [6, 6.07) is 11.8. The van der Waals surface area contributed by atoms with Crippen molar-refractivity contribution < 1.29 is 14.7 Å². The molecular formula is C20H23Cl2N3O3. The van der Waals surface area contributed by atoms with E-state index in [1.165, 1.54) is 0 Å². The molecule has 0 heterocycles. The molecule has 0 fully saturated rings. The predicted molar refractivity (Wildman–Crippen MR) is 112 cm³/mol. The summed E-state index contributed by atoms with van der Waals surface area (Å²) < 4.78 is 0. The third-order valence-electron chi connectivity index (χ3n) is 4.17. The molecule has 2 aromatic rings. The number of halogens is 2. The van der Waals surface area contributed by atoms with Gasteiger partial charge in [0.05, 0.1) is 22.2 Å². The van der Waals surface area contributed by atoms with Crippen LogP contribution in [0, 0.1) is 0 Å². The van der Waals surface area contributed by atoms with Gasteiger partial charge in [-0.3, -0.25) is 9.59 Å². The molecule has 0 unspecified atom stereocenters. The van der Waals surface area contributed by atoms with Gasteiger partial charge >= 0.3 is 5.97 Å². The third kappa shape index (κ3) is 6.71. The summed E-state index contributed by atoms with van der Waals surface area (Å²) in [4.78, 5) is 22.9. The van der Waals surface area contributed by atoms with E-state index in [1.807, 2.05) is 24.3 Å². The molecule has 0 saturated heterocycles. The molecule has 1 atom stereocenters. The number of unbranched alkanes of at least 4 members (excludes halogenated alkanes) is 1. The summed E-state index contributed by atoms with van der Waals surface area (Å²) in [5.74, 6) is -1.13. The zero-order chi connectivity index (χ0) is 20.5. The zero-order valence-electron chi connectivity index (χ0n) is 15.3. The summed E-state index contributed by atoms with van der Waals surface area (Å²) in [6.07, 6.45) is 1.88. The lowest BCUT2D eigenvalue weighted by Gasteiger charge is -2.14. The van der Waals surface area contributed by atoms with Crippen LogP contribution < -0.4 is 16.4 Å². The predicted octanol–water partition coefficient (Wildman–Crippen LogP) is 3.98. The van der Waals surface area contributed by atoms with E-state index < -0.39 is 12.0 Å². The van der Waals surface area contributed by atoms with Crippen LogP contribution in [-0.2, 0) is 16.0 Å². The Hall–Kier alpha value is -2.28. The molecule has 5 N–H and O–H groups in total. The summed E-state index contributed by atoms with van der Waals surface area (Å²) in [6.45, 7) is 0.469. The van der Waals surface area contributed by atoms with Crippen LogP contribution in [0.1, 0.15) is 24.8 Å². The van der Waals surface area contributed by atoms with Crippen LogP contribution in [-0.4, -0.2) is 29.6 Å². The minimum atomic E-state index is -1.01. The average Bonchev–Trinajstić information content (AvgIpc) is 2.65. The fraction of sp³-hybridized carbons (Fsp3) is 0.300. The lowest BCUT2D eigenvalue weighted by Crippen LogP contribution is -2.30. The number of carboxylic acids is 1. The number of aliphatic carboxylic acids is 1. The molecule has 6 nitrogen and oxygen atoms in total. The maximum atomic E-state index is 12.2. The molecule has 0 radical (unpaired) electrons. The number of amides is 1. The first kappa shape index (κ1) is 22.0. The molecule has 1 amide bonds. The Morgan fingerprint density at radius 3 is 2.39 bits per heavy atom. The Morgan fingerprint density at radius 1 is 1.04 bits per heavy atom. The van der Waals surface area contributed by atoms with Crippen molar-refractivity contribution in [2.75, 3.05) is 11.9 Å². The molecule has 2 rings (SSSR count). The van der Waals surface area contributed by atoms with E-state index in [0.29, 0.717) is 41.5 Å². The number of carbonyl (C=O) groups excluding carboxylic acids is 1. The van der Waals surface area contributed by atoms with Gasteiger partial charge in [0.25, 0.3) is 0 Å². The molecule has 0 spiro atoms. The molecule has 0 saturated carbocycles. The second-order valence-electron chi connectivity index (χ2n) is 6.35. The molecule has 0 aromatic heterocycles. The Bertz CT molecular complexity index is 810. The number of anilines is 2. The van der Waals surface area contributed by atoms with Gasteiger partial charge < -0.3 is 21.5 Å². The van der Waals surface area contributed by atoms with Gasteiger partial charge in [-0.05, 0) is 43.0 Å². The van der Waals surface area contributed by atoms with E-state index in [1.54, 1.807) is 18.2 Å². The molecule has 0 bridgehead atoms. The first-order valence-corrected chi connectivity index (χ1v) is 9.68. The number of hydrogen-bond acceptors (Lipinski definition) is 4. The second kappa shape index (κ2) is 10.9. The summed E-state index contributed by atoms with van der Waals surface area (Å²) in [5.41, 5.74) is 7.60. The highest BCUT2D eigenvalue weighted by molar-refractivity contribution is 6.39. The third-order valence-corrected chi connectivity index (χ3v) is 4.80. The monoisotopic (exact) mass is 423 g/mol. The van der Waals surface area contributed by atoms with E-state index >= 15 is 0 Å². The highest BCUT2D eigenvalue weighted by Gasteiger charge is 2.12. The smallest absolute Gasteiger partial charge is 0.320 e. The van der Waals surface area contributed by atoms with Crippen LogP contribution >= 0.6 is 23.2 Å². The largest absolute Gasteiger partial charge is 0.480 e. The SMILES string of the molecule is N[C@@H](CCCCNC(=O)Cc1ccccc1Nc1c(Cl)cccc1Cl)C(=O)O. The second-order valence-corrected chi connectivity index (χ2v) is 7.16. The topological polar surface area (TPSA) is 104 Å². The molecule has 0 aliphatic heterocycles. The van der Waals surface area contributed by atoms with E-state index in [4.69, 9.17) is 34.0 Å². The lowest BCUT2D eigenvalue weighted by molar-refractivity contribution is -0.138. The molecule has 28 heavy (non-hydrogen) atoms. The Morgan fingerprint density at radius 2 is 1.71 bits per heavy atom. The fourth-order valence-corrected chi connectivity index (χ4v) is 3.12. The van der Waals surface area contributed by atoms with E-state index in [0.717, 1.165) is 11.3 Å². The van der Waals surface area contributed by atoms with Gasteiger partial charge in [0, 0.05) is 12.2 Å². The van der Waals surface area contributed by atoms with Gasteiger partial charge in [-0.1, -0.05) is 47.5 Å². The number of nitrogens with one attached hydrogen (secondary N) is 2. The maximum Gasteiger partial charge on any atom is 0.320 e. The highest BCUT2D eigenvalue weighted by Crippen LogP contribution is 2.33. The molecular weight excluding hydrogens is 401 g/mol. The number of para-hydroxylation sites is 2. The summed E-state index contributed by atoms with van der Waals surface area (Å²) >= 11 is 12.4. The summed E-state index contributed by atoms with van der Waals surface area (Å²) in [7, 11) is 0. The Balaban J connectivity index is 1.89. The van der Waals surface area contributed by atoms with Crippen molar-refractivity contribution >= 4 is 46.5 Å². The van der Waals surface area contributed by atoms with Crippen LogP contribution in [0.5, 0.6) is 0 Å². The minimum absolute atomic E-state index is 0.123. The van der Waals surface area contributed by atoms with Crippen molar-refractivity contribution in [3.63, 3.8) is 0 Å². The number of carbonyl (C=O) groups is 2. The first-order chi connectivity index (χ1) is 13.4. The number of benzene rings is 2. The van der Waals surface area contributed by atoms with Gasteiger partial charge in [-0.15, -0.1) is 0 Å². The van der Waals surface area contributed by atoms with E-state index in [9.17, 15) is 9.59 Å². The van der Waals surface area contributed by atoms with Crippen LogP contribution in [0.25, 0.3) is 0 Å². The summed E-state index contributed by atoms with van der Waals surface area (Å²) in [5, 5.41) is 15.8. The normalized spacial score (nSPS) is 11.7. The standard InChI is InChI=1S/C20H23Cl2N3O3/c21-14-7-5-8-15(22)19(14)25-17-10-2-1-6-13(17)12-18(26)24-11-4-3-9-16(23)20(27)28/h1-2,5-8,10,16,25H,3-4,9,11-12,23H2,(H,24,26)(H,27,28)/t16-/m0/s1. The zero-order valence-corrected chi connectivity index (χ0v) is 16.8. The first-order valence-electron chi connectivity index (χ1n) is 8.92. The molecule has 8 heteroatoms. The average molecular weight is 424 g/mol. The number of hydrogen-bond donors (Lipinski definition) is 4. The van der Waals surface area contributed by atoms with Crippen molar-refractivity contribution in [3.8, 4) is 0 Å². The van der Waals surface area contributed by atoms with Crippen molar-refractivity contribution in [2.24, 2.45) is 5.73 Å². The molecule has 2 aromatic carbocycles. The molecule has 0 aliphatic rings. The number of nitrogens with two attached hydrogens (primary N) is 1. The Kier molecular flexibility index (Phi) is 8.57. The Labute approximate surface area is 174 Å². The van der Waals surface area contributed by atoms with Gasteiger partial charge in [0.2, 0.25) is 5.91 Å².